The van der Waals surface area contributed by atoms with Crippen molar-refractivity contribution in [2.45, 2.75) is 16.5 Å². The fraction of sp³-hybridized carbons (Fsp3) is 0.167. The van der Waals surface area contributed by atoms with Crippen LogP contribution >= 0.6 is 23.4 Å². The zero-order valence-electron chi connectivity index (χ0n) is 9.52. The van der Waals surface area contributed by atoms with Crippen molar-refractivity contribution in [1.82, 2.24) is 9.97 Å². The molecule has 0 spiro atoms. The minimum Gasteiger partial charge on any atom is -0.330 e. The number of H-pyrrole nitrogens is 1. The number of hydrogen-bond acceptors (Lipinski definition) is 4. The Morgan fingerprint density at radius 1 is 1.39 bits per heavy atom. The lowest BCUT2D eigenvalue weighted by Gasteiger charge is -2.05. The molecular formula is C12H12ClN3OS. The summed E-state index contributed by atoms with van der Waals surface area (Å²) in [5.74, 6) is 0. The molecule has 0 aliphatic rings. The number of aromatic nitrogens is 2. The van der Waals surface area contributed by atoms with Gasteiger partial charge < -0.3 is 10.7 Å². The van der Waals surface area contributed by atoms with E-state index in [0.29, 0.717) is 16.7 Å². The van der Waals surface area contributed by atoms with Crippen molar-refractivity contribution in [2.75, 3.05) is 6.54 Å². The SMILES string of the molecule is NCCc1ccc(Sc2nccc(=O)[nH]2)cc1Cl. The van der Waals surface area contributed by atoms with E-state index in [9.17, 15) is 4.79 Å². The van der Waals surface area contributed by atoms with Gasteiger partial charge in [0.2, 0.25) is 0 Å². The van der Waals surface area contributed by atoms with Crippen LogP contribution in [-0.4, -0.2) is 16.5 Å². The Morgan fingerprint density at radius 3 is 2.89 bits per heavy atom. The molecule has 0 atom stereocenters. The van der Waals surface area contributed by atoms with Gasteiger partial charge in [0.15, 0.2) is 5.16 Å². The summed E-state index contributed by atoms with van der Waals surface area (Å²) in [5.41, 5.74) is 6.35. The van der Waals surface area contributed by atoms with Crippen LogP contribution in [0.3, 0.4) is 0 Å². The molecule has 6 heteroatoms. The molecule has 0 saturated carbocycles. The van der Waals surface area contributed by atoms with Crippen molar-refractivity contribution >= 4 is 23.4 Å². The molecular weight excluding hydrogens is 270 g/mol. The van der Waals surface area contributed by atoms with E-state index in [1.165, 1.54) is 24.0 Å². The molecule has 4 nitrogen and oxygen atoms in total. The maximum atomic E-state index is 11.1. The standard InChI is InChI=1S/C12H12ClN3OS/c13-10-7-9(2-1-8(10)3-5-14)18-12-15-6-4-11(17)16-12/h1-2,4,6-7H,3,5,14H2,(H,15,16,17). The maximum absolute atomic E-state index is 11.1. The van der Waals surface area contributed by atoms with Crippen LogP contribution in [0.5, 0.6) is 0 Å². The summed E-state index contributed by atoms with van der Waals surface area (Å²) in [5, 5.41) is 1.23. The molecule has 2 aromatic rings. The number of nitrogens with one attached hydrogen (secondary N) is 1. The Balaban J connectivity index is 2.20. The van der Waals surface area contributed by atoms with Gasteiger partial charge in [-0.15, -0.1) is 0 Å². The minimum atomic E-state index is -0.168. The van der Waals surface area contributed by atoms with Crippen LogP contribution in [0, 0.1) is 0 Å². The van der Waals surface area contributed by atoms with Crippen LogP contribution in [0.2, 0.25) is 5.02 Å². The van der Waals surface area contributed by atoms with Gasteiger partial charge in [0.05, 0.1) is 0 Å². The smallest absolute Gasteiger partial charge is 0.251 e. The molecule has 0 amide bonds. The predicted molar refractivity (Wildman–Crippen MR) is 73.2 cm³/mol. The van der Waals surface area contributed by atoms with E-state index in [1.807, 2.05) is 18.2 Å². The zero-order valence-corrected chi connectivity index (χ0v) is 11.1. The van der Waals surface area contributed by atoms with Gasteiger partial charge in [-0.2, -0.15) is 0 Å². The lowest BCUT2D eigenvalue weighted by atomic mass is 10.1. The van der Waals surface area contributed by atoms with E-state index >= 15 is 0 Å². The van der Waals surface area contributed by atoms with Gasteiger partial charge in [0, 0.05) is 22.2 Å². The molecule has 2 rings (SSSR count). The second-order valence-electron chi connectivity index (χ2n) is 3.63. The fourth-order valence-corrected chi connectivity index (χ4v) is 2.61. The maximum Gasteiger partial charge on any atom is 0.251 e. The summed E-state index contributed by atoms with van der Waals surface area (Å²) in [6.07, 6.45) is 2.23. The fourth-order valence-electron chi connectivity index (χ4n) is 1.47. The van der Waals surface area contributed by atoms with Crippen molar-refractivity contribution in [3.05, 3.63) is 51.4 Å². The second-order valence-corrected chi connectivity index (χ2v) is 5.10. The summed E-state index contributed by atoms with van der Waals surface area (Å²) in [6.45, 7) is 0.569. The van der Waals surface area contributed by atoms with Gasteiger partial charge >= 0.3 is 0 Å². The van der Waals surface area contributed by atoms with Crippen molar-refractivity contribution in [3.8, 4) is 0 Å². The van der Waals surface area contributed by atoms with Gasteiger partial charge in [-0.25, -0.2) is 4.98 Å². The highest BCUT2D eigenvalue weighted by Gasteiger charge is 2.04. The highest BCUT2D eigenvalue weighted by Crippen LogP contribution is 2.28. The molecule has 94 valence electrons. The van der Waals surface area contributed by atoms with Crippen LogP contribution in [0.4, 0.5) is 0 Å². The van der Waals surface area contributed by atoms with E-state index in [4.69, 9.17) is 17.3 Å². The van der Waals surface area contributed by atoms with Crippen LogP contribution < -0.4 is 11.3 Å². The van der Waals surface area contributed by atoms with Crippen LogP contribution in [0.15, 0.2) is 45.3 Å². The first-order valence-corrected chi connectivity index (χ1v) is 6.60. The van der Waals surface area contributed by atoms with E-state index < -0.39 is 0 Å². The summed E-state index contributed by atoms with van der Waals surface area (Å²) >= 11 is 7.50. The third-order valence-corrected chi connectivity index (χ3v) is 3.54. The molecule has 0 radical (unpaired) electrons. The molecule has 0 saturated heterocycles. The number of aromatic amines is 1. The van der Waals surface area contributed by atoms with Gasteiger partial charge in [0.25, 0.3) is 5.56 Å². The second kappa shape index (κ2) is 6.04. The molecule has 1 heterocycles. The van der Waals surface area contributed by atoms with Gasteiger partial charge in [0.1, 0.15) is 0 Å². The van der Waals surface area contributed by atoms with Crippen molar-refractivity contribution in [2.24, 2.45) is 5.73 Å². The molecule has 1 aromatic heterocycles. The molecule has 1 aromatic carbocycles. The molecule has 3 N–H and O–H groups in total. The highest BCUT2D eigenvalue weighted by molar-refractivity contribution is 7.99. The number of nitrogens with two attached hydrogens (primary N) is 1. The topological polar surface area (TPSA) is 71.8 Å². The lowest BCUT2D eigenvalue weighted by molar-refractivity contribution is 0.936. The molecule has 18 heavy (non-hydrogen) atoms. The first-order chi connectivity index (χ1) is 8.69. The molecule has 0 unspecified atom stereocenters. The third-order valence-electron chi connectivity index (χ3n) is 2.30. The van der Waals surface area contributed by atoms with E-state index in [2.05, 4.69) is 9.97 Å². The van der Waals surface area contributed by atoms with Gasteiger partial charge in [-0.3, -0.25) is 4.79 Å². The summed E-state index contributed by atoms with van der Waals surface area (Å²) < 4.78 is 0. The monoisotopic (exact) mass is 281 g/mol. The quantitative estimate of drug-likeness (QED) is 0.842. The highest BCUT2D eigenvalue weighted by atomic mass is 35.5. The average molecular weight is 282 g/mol. The van der Waals surface area contributed by atoms with Crippen LogP contribution in [0.1, 0.15) is 5.56 Å². The zero-order chi connectivity index (χ0) is 13.0. The van der Waals surface area contributed by atoms with E-state index in [0.717, 1.165) is 16.9 Å². The van der Waals surface area contributed by atoms with Crippen molar-refractivity contribution in [1.29, 1.82) is 0 Å². The Bertz CT molecular complexity index is 600. The first kappa shape index (κ1) is 13.1. The normalized spacial score (nSPS) is 10.6. The summed E-state index contributed by atoms with van der Waals surface area (Å²) in [6, 6.07) is 7.11. The largest absolute Gasteiger partial charge is 0.330 e. The molecule has 0 bridgehead atoms. The Kier molecular flexibility index (Phi) is 4.41. The van der Waals surface area contributed by atoms with Crippen molar-refractivity contribution < 1.29 is 0 Å². The van der Waals surface area contributed by atoms with Crippen LogP contribution in [-0.2, 0) is 6.42 Å². The number of nitrogens with zero attached hydrogens (tertiary/aromatic N) is 1. The van der Waals surface area contributed by atoms with Gasteiger partial charge in [-0.05, 0) is 30.7 Å². The minimum absolute atomic E-state index is 0.168. The summed E-state index contributed by atoms with van der Waals surface area (Å²) in [7, 11) is 0. The average Bonchev–Trinajstić information content (AvgIpc) is 2.33. The van der Waals surface area contributed by atoms with Gasteiger partial charge in [-0.1, -0.05) is 29.4 Å². The number of rotatable bonds is 4. The summed E-state index contributed by atoms with van der Waals surface area (Å²) in [4.78, 5) is 18.8. The Labute approximate surface area is 114 Å². The van der Waals surface area contributed by atoms with E-state index in [1.54, 1.807) is 0 Å². The number of benzene rings is 1. The Morgan fingerprint density at radius 2 is 2.22 bits per heavy atom. The molecule has 0 aliphatic carbocycles. The van der Waals surface area contributed by atoms with Crippen molar-refractivity contribution in [3.63, 3.8) is 0 Å². The predicted octanol–water partition coefficient (Wildman–Crippen LogP) is 2.08. The Hall–Kier alpha value is -1.30. The lowest BCUT2D eigenvalue weighted by Crippen LogP contribution is -2.05. The number of hydrogen-bond donors (Lipinski definition) is 2. The third kappa shape index (κ3) is 3.35. The molecule has 0 fully saturated rings. The number of halogens is 1. The first-order valence-electron chi connectivity index (χ1n) is 5.41. The molecule has 0 aliphatic heterocycles. The van der Waals surface area contributed by atoms with E-state index in [-0.39, 0.29) is 5.56 Å². The van der Waals surface area contributed by atoms with Crippen LogP contribution in [0.25, 0.3) is 0 Å².